The SMILES string of the molecule is C/C=C\C(=C/N)NCCC(CCNC=O)C(C)(F)Sc1cc(C(F)F)nn1C. The van der Waals surface area contributed by atoms with Crippen LogP contribution in [0.15, 0.2) is 35.1 Å². The third kappa shape index (κ3) is 7.49. The second-order valence-corrected chi connectivity index (χ2v) is 7.74. The molecule has 28 heavy (non-hydrogen) atoms. The summed E-state index contributed by atoms with van der Waals surface area (Å²) < 4.78 is 42.5. The Hall–Kier alpha value is -2.10. The molecule has 0 saturated carbocycles. The average molecular weight is 420 g/mol. The molecule has 158 valence electrons. The summed E-state index contributed by atoms with van der Waals surface area (Å²) in [6.45, 7) is 4.06. The number of amides is 1. The number of carbonyl (C=O) groups is 1. The molecule has 1 aromatic rings. The lowest BCUT2D eigenvalue weighted by Gasteiger charge is -2.30. The van der Waals surface area contributed by atoms with Crippen LogP contribution in [0.5, 0.6) is 0 Å². The van der Waals surface area contributed by atoms with Crippen LogP contribution in [-0.4, -0.2) is 34.3 Å². The molecule has 6 nitrogen and oxygen atoms in total. The van der Waals surface area contributed by atoms with Crippen molar-refractivity contribution in [3.05, 3.63) is 35.8 Å². The molecule has 2 unspecified atom stereocenters. The Morgan fingerprint density at radius 1 is 1.43 bits per heavy atom. The van der Waals surface area contributed by atoms with E-state index in [4.69, 9.17) is 5.73 Å². The molecule has 0 radical (unpaired) electrons. The van der Waals surface area contributed by atoms with Gasteiger partial charge in [0.2, 0.25) is 6.41 Å². The maximum absolute atomic E-state index is 15.5. The second kappa shape index (κ2) is 11.7. The summed E-state index contributed by atoms with van der Waals surface area (Å²) in [5, 5.41) is 7.95. The number of hydrogen-bond donors (Lipinski definition) is 3. The number of thioether (sulfide) groups is 1. The van der Waals surface area contributed by atoms with Gasteiger partial charge in [-0.1, -0.05) is 17.8 Å². The van der Waals surface area contributed by atoms with Crippen LogP contribution in [0.25, 0.3) is 0 Å². The van der Waals surface area contributed by atoms with Gasteiger partial charge in [-0.3, -0.25) is 9.48 Å². The van der Waals surface area contributed by atoms with Crippen LogP contribution < -0.4 is 16.4 Å². The van der Waals surface area contributed by atoms with E-state index >= 15 is 4.39 Å². The Bertz CT molecular complexity index is 676. The minimum Gasteiger partial charge on any atom is -0.403 e. The third-order valence-electron chi connectivity index (χ3n) is 4.18. The van der Waals surface area contributed by atoms with Gasteiger partial charge in [0.05, 0.1) is 5.03 Å². The summed E-state index contributed by atoms with van der Waals surface area (Å²) in [5.41, 5.74) is 5.86. The highest BCUT2D eigenvalue weighted by Crippen LogP contribution is 2.43. The van der Waals surface area contributed by atoms with Crippen molar-refractivity contribution in [2.75, 3.05) is 13.1 Å². The van der Waals surface area contributed by atoms with Crippen LogP contribution in [0.2, 0.25) is 0 Å². The smallest absolute Gasteiger partial charge is 0.282 e. The van der Waals surface area contributed by atoms with E-state index < -0.39 is 17.3 Å². The molecule has 2 atom stereocenters. The summed E-state index contributed by atoms with van der Waals surface area (Å²) in [6.07, 6.45) is 3.75. The second-order valence-electron chi connectivity index (χ2n) is 6.31. The summed E-state index contributed by atoms with van der Waals surface area (Å²) in [5.74, 6) is -0.452. The van der Waals surface area contributed by atoms with Crippen LogP contribution in [-0.2, 0) is 11.8 Å². The molecule has 0 aromatic carbocycles. The topological polar surface area (TPSA) is 85.0 Å². The fourth-order valence-corrected chi connectivity index (χ4v) is 3.85. The Labute approximate surface area is 167 Å². The predicted molar refractivity (Wildman–Crippen MR) is 105 cm³/mol. The number of allylic oxidation sites excluding steroid dienone is 2. The zero-order valence-corrected chi connectivity index (χ0v) is 17.1. The van der Waals surface area contributed by atoms with E-state index in [0.29, 0.717) is 43.1 Å². The van der Waals surface area contributed by atoms with Crippen molar-refractivity contribution in [3.8, 4) is 0 Å². The number of halogens is 3. The Morgan fingerprint density at radius 2 is 2.11 bits per heavy atom. The maximum atomic E-state index is 15.5. The summed E-state index contributed by atoms with van der Waals surface area (Å²) >= 11 is 0.855. The molecule has 1 heterocycles. The number of hydrogen-bond acceptors (Lipinski definition) is 5. The minimum atomic E-state index is -2.71. The molecule has 0 fully saturated rings. The van der Waals surface area contributed by atoms with Gasteiger partial charge in [-0.15, -0.1) is 0 Å². The Balaban J connectivity index is 2.86. The van der Waals surface area contributed by atoms with Gasteiger partial charge in [0.25, 0.3) is 6.43 Å². The van der Waals surface area contributed by atoms with Gasteiger partial charge in [-0.2, -0.15) is 5.10 Å². The molecule has 0 bridgehead atoms. The predicted octanol–water partition coefficient (Wildman–Crippen LogP) is 3.24. The quantitative estimate of drug-likeness (QED) is 0.198. The minimum absolute atomic E-state index is 0.316. The van der Waals surface area contributed by atoms with Gasteiger partial charge in [0.15, 0.2) is 5.00 Å². The standard InChI is InChI=1S/C18H28F3N5OS/c1-4-5-14(11-22)24-9-7-13(6-8-23-12-27)18(2,21)28-16-10-15(17(19)20)25-26(16)3/h4-5,10-13,17,24H,6-9,22H2,1-3H3,(H,23,27)/b5-4-,14-11+. The molecular formula is C18H28F3N5OS. The van der Waals surface area contributed by atoms with E-state index in [1.165, 1.54) is 30.9 Å². The van der Waals surface area contributed by atoms with E-state index in [-0.39, 0.29) is 5.69 Å². The van der Waals surface area contributed by atoms with Crippen LogP contribution in [0.1, 0.15) is 38.8 Å². The van der Waals surface area contributed by atoms with Crippen LogP contribution in [0, 0.1) is 5.92 Å². The van der Waals surface area contributed by atoms with Crippen molar-refractivity contribution in [1.82, 2.24) is 20.4 Å². The highest BCUT2D eigenvalue weighted by atomic mass is 32.2. The number of nitrogens with zero attached hydrogens (tertiary/aromatic N) is 2. The van der Waals surface area contributed by atoms with Gasteiger partial charge in [0, 0.05) is 38.0 Å². The summed E-state index contributed by atoms with van der Waals surface area (Å²) in [6, 6.07) is 1.20. The molecule has 1 aromatic heterocycles. The number of rotatable bonds is 13. The first-order chi connectivity index (χ1) is 13.2. The molecule has 1 rings (SSSR count). The first-order valence-electron chi connectivity index (χ1n) is 8.90. The van der Waals surface area contributed by atoms with Crippen LogP contribution >= 0.6 is 11.8 Å². The Morgan fingerprint density at radius 3 is 2.64 bits per heavy atom. The summed E-state index contributed by atoms with van der Waals surface area (Å²) in [7, 11) is 1.50. The van der Waals surface area contributed by atoms with Crippen LogP contribution in [0.4, 0.5) is 13.2 Å². The fraction of sp³-hybridized carbons (Fsp3) is 0.556. The lowest BCUT2D eigenvalue weighted by Crippen LogP contribution is -2.32. The van der Waals surface area contributed by atoms with Crippen molar-refractivity contribution >= 4 is 18.2 Å². The van der Waals surface area contributed by atoms with Gasteiger partial charge in [0.1, 0.15) is 5.69 Å². The first kappa shape index (κ1) is 23.9. The van der Waals surface area contributed by atoms with E-state index in [1.54, 1.807) is 6.08 Å². The van der Waals surface area contributed by atoms with Gasteiger partial charge in [-0.05, 0) is 38.8 Å². The lowest BCUT2D eigenvalue weighted by atomic mass is 9.96. The molecule has 1 amide bonds. The van der Waals surface area contributed by atoms with Crippen molar-refractivity contribution < 1.29 is 18.0 Å². The van der Waals surface area contributed by atoms with Crippen molar-refractivity contribution in [2.45, 2.75) is 43.1 Å². The molecule has 0 aliphatic heterocycles. The van der Waals surface area contributed by atoms with E-state index in [0.717, 1.165) is 11.8 Å². The largest absolute Gasteiger partial charge is 0.403 e. The molecule has 10 heteroatoms. The van der Waals surface area contributed by atoms with Crippen LogP contribution in [0.3, 0.4) is 0 Å². The van der Waals surface area contributed by atoms with E-state index in [9.17, 15) is 13.6 Å². The first-order valence-corrected chi connectivity index (χ1v) is 9.72. The number of nitrogens with one attached hydrogen (secondary N) is 2. The number of aryl methyl sites for hydroxylation is 1. The molecular weight excluding hydrogens is 391 g/mol. The van der Waals surface area contributed by atoms with Crippen molar-refractivity contribution in [3.63, 3.8) is 0 Å². The Kier molecular flexibility index (Phi) is 9.98. The average Bonchev–Trinajstić information content (AvgIpc) is 2.99. The van der Waals surface area contributed by atoms with Gasteiger partial charge in [-0.25, -0.2) is 13.2 Å². The molecule has 0 aliphatic rings. The number of aromatic nitrogens is 2. The molecule has 0 spiro atoms. The zero-order chi connectivity index (χ0) is 21.2. The van der Waals surface area contributed by atoms with E-state index in [1.807, 2.05) is 13.0 Å². The van der Waals surface area contributed by atoms with E-state index in [2.05, 4.69) is 15.7 Å². The fourth-order valence-electron chi connectivity index (χ4n) is 2.68. The van der Waals surface area contributed by atoms with Gasteiger partial charge >= 0.3 is 0 Å². The normalized spacial score (nSPS) is 15.6. The lowest BCUT2D eigenvalue weighted by molar-refractivity contribution is -0.109. The monoisotopic (exact) mass is 419 g/mol. The number of nitrogens with two attached hydrogens (primary N) is 1. The number of alkyl halides is 3. The molecule has 4 N–H and O–H groups in total. The number of carbonyl (C=O) groups excluding carboxylic acids is 1. The zero-order valence-electron chi connectivity index (χ0n) is 16.3. The van der Waals surface area contributed by atoms with Crippen molar-refractivity contribution in [1.29, 1.82) is 0 Å². The highest BCUT2D eigenvalue weighted by molar-refractivity contribution is 8.00. The van der Waals surface area contributed by atoms with Crippen molar-refractivity contribution in [2.24, 2.45) is 18.7 Å². The molecule has 0 saturated heterocycles. The molecule has 0 aliphatic carbocycles. The summed E-state index contributed by atoms with van der Waals surface area (Å²) in [4.78, 5) is 10.5. The highest BCUT2D eigenvalue weighted by Gasteiger charge is 2.36. The third-order valence-corrected chi connectivity index (χ3v) is 5.50. The maximum Gasteiger partial charge on any atom is 0.282 e. The van der Waals surface area contributed by atoms with Gasteiger partial charge < -0.3 is 16.4 Å².